The molecule has 2 aromatic rings. The van der Waals surface area contributed by atoms with Crippen LogP contribution in [0.2, 0.25) is 5.02 Å². The van der Waals surface area contributed by atoms with E-state index in [9.17, 15) is 9.90 Å². The van der Waals surface area contributed by atoms with Gasteiger partial charge < -0.3 is 10.4 Å². The van der Waals surface area contributed by atoms with Gasteiger partial charge in [-0.2, -0.15) is 0 Å². The standard InChI is InChI=1S/C20H18ClNO2/c1-11-14(20(23)24)8-9-17-15-6-3-7-16(15)19(22-18(11)17)12-4-2-5-13(21)10-12/h2-6,8-10,15-16,19,22H,7H2,1H3,(H,23,24)/t15-,16-,19-/m1/s1. The lowest BCUT2D eigenvalue weighted by molar-refractivity contribution is 0.0696. The zero-order chi connectivity index (χ0) is 16.8. The minimum atomic E-state index is -0.888. The molecule has 0 spiro atoms. The number of anilines is 1. The summed E-state index contributed by atoms with van der Waals surface area (Å²) < 4.78 is 0. The lowest BCUT2D eigenvalue weighted by atomic mass is 9.76. The van der Waals surface area contributed by atoms with Gasteiger partial charge in [0.1, 0.15) is 0 Å². The molecule has 2 aliphatic rings. The van der Waals surface area contributed by atoms with E-state index in [0.29, 0.717) is 17.4 Å². The maximum absolute atomic E-state index is 11.5. The van der Waals surface area contributed by atoms with Crippen LogP contribution in [0.15, 0.2) is 48.6 Å². The number of rotatable bonds is 2. The summed E-state index contributed by atoms with van der Waals surface area (Å²) in [6.07, 6.45) is 5.49. The molecular formula is C20H18ClNO2. The third-order valence-electron chi connectivity index (χ3n) is 5.24. The molecule has 0 saturated heterocycles. The van der Waals surface area contributed by atoms with Crippen molar-refractivity contribution in [3.8, 4) is 0 Å². The summed E-state index contributed by atoms with van der Waals surface area (Å²) in [7, 11) is 0. The van der Waals surface area contributed by atoms with Gasteiger partial charge in [-0.15, -0.1) is 0 Å². The summed E-state index contributed by atoms with van der Waals surface area (Å²) in [5.41, 5.74) is 4.44. The van der Waals surface area contributed by atoms with Gasteiger partial charge in [0.05, 0.1) is 11.6 Å². The molecule has 1 aliphatic carbocycles. The Hall–Kier alpha value is -2.26. The van der Waals surface area contributed by atoms with E-state index in [2.05, 4.69) is 23.5 Å². The van der Waals surface area contributed by atoms with Gasteiger partial charge >= 0.3 is 5.97 Å². The fraction of sp³-hybridized carbons (Fsp3) is 0.250. The number of hydrogen-bond donors (Lipinski definition) is 2. The van der Waals surface area contributed by atoms with Crippen LogP contribution in [-0.4, -0.2) is 11.1 Å². The molecule has 4 rings (SSSR count). The van der Waals surface area contributed by atoms with Crippen LogP contribution in [0.3, 0.4) is 0 Å². The topological polar surface area (TPSA) is 49.3 Å². The number of halogens is 1. The lowest BCUT2D eigenvalue weighted by Gasteiger charge is -2.38. The molecule has 0 saturated carbocycles. The second-order valence-corrected chi connectivity index (χ2v) is 6.97. The normalized spacial score (nSPS) is 24.2. The van der Waals surface area contributed by atoms with Gasteiger partial charge in [-0.3, -0.25) is 0 Å². The molecule has 0 amide bonds. The average Bonchev–Trinajstić information content (AvgIpc) is 3.04. The highest BCUT2D eigenvalue weighted by atomic mass is 35.5. The molecule has 2 aromatic carbocycles. The molecule has 24 heavy (non-hydrogen) atoms. The number of hydrogen-bond acceptors (Lipinski definition) is 2. The summed E-state index contributed by atoms with van der Waals surface area (Å²) in [4.78, 5) is 11.5. The lowest BCUT2D eigenvalue weighted by Crippen LogP contribution is -2.30. The van der Waals surface area contributed by atoms with E-state index >= 15 is 0 Å². The van der Waals surface area contributed by atoms with Gasteiger partial charge in [-0.05, 0) is 54.2 Å². The van der Waals surface area contributed by atoms with Crippen molar-refractivity contribution in [2.45, 2.75) is 25.3 Å². The molecule has 3 atom stereocenters. The fourth-order valence-electron chi connectivity index (χ4n) is 4.08. The monoisotopic (exact) mass is 339 g/mol. The first-order valence-electron chi connectivity index (χ1n) is 8.11. The molecular weight excluding hydrogens is 322 g/mol. The molecule has 0 radical (unpaired) electrons. The Bertz CT molecular complexity index is 859. The predicted molar refractivity (Wildman–Crippen MR) is 95.9 cm³/mol. The van der Waals surface area contributed by atoms with Gasteiger partial charge in [0.15, 0.2) is 0 Å². The van der Waals surface area contributed by atoms with Gasteiger partial charge in [0, 0.05) is 16.6 Å². The van der Waals surface area contributed by atoms with Crippen LogP contribution in [0.1, 0.15) is 45.4 Å². The number of carbonyl (C=O) groups is 1. The van der Waals surface area contributed by atoms with Gasteiger partial charge in [-0.25, -0.2) is 4.79 Å². The first-order valence-corrected chi connectivity index (χ1v) is 8.49. The first kappa shape index (κ1) is 15.3. The maximum Gasteiger partial charge on any atom is 0.336 e. The summed E-state index contributed by atoms with van der Waals surface area (Å²) in [6, 6.07) is 11.7. The van der Waals surface area contributed by atoms with Crippen molar-refractivity contribution in [2.75, 3.05) is 5.32 Å². The van der Waals surface area contributed by atoms with Gasteiger partial charge in [0.2, 0.25) is 0 Å². The van der Waals surface area contributed by atoms with Crippen molar-refractivity contribution in [1.82, 2.24) is 0 Å². The van der Waals surface area contributed by atoms with Crippen LogP contribution in [0, 0.1) is 12.8 Å². The van der Waals surface area contributed by atoms with E-state index < -0.39 is 5.97 Å². The summed E-state index contributed by atoms with van der Waals surface area (Å²) in [5, 5.41) is 13.7. The molecule has 2 N–H and O–H groups in total. The van der Waals surface area contributed by atoms with Crippen LogP contribution >= 0.6 is 11.6 Å². The SMILES string of the molecule is Cc1c(C(=O)O)ccc2c1N[C@H](c1cccc(Cl)c1)[C@@H]1CC=C[C@@H]21. The van der Waals surface area contributed by atoms with Gasteiger partial charge in [0.25, 0.3) is 0 Å². The predicted octanol–water partition coefficient (Wildman–Crippen LogP) is 5.17. The number of fused-ring (bicyclic) bond motifs is 3. The van der Waals surface area contributed by atoms with E-state index in [1.54, 1.807) is 6.07 Å². The Morgan fingerprint density at radius 2 is 2.12 bits per heavy atom. The van der Waals surface area contributed by atoms with E-state index in [-0.39, 0.29) is 6.04 Å². The first-order chi connectivity index (χ1) is 11.6. The highest BCUT2D eigenvalue weighted by Crippen LogP contribution is 2.51. The number of carboxylic acid groups (broad SMARTS) is 1. The Morgan fingerprint density at radius 3 is 2.88 bits per heavy atom. The Morgan fingerprint density at radius 1 is 1.29 bits per heavy atom. The minimum Gasteiger partial charge on any atom is -0.478 e. The van der Waals surface area contributed by atoms with Crippen molar-refractivity contribution < 1.29 is 9.90 Å². The molecule has 0 bridgehead atoms. The van der Waals surface area contributed by atoms with Crippen LogP contribution in [0.5, 0.6) is 0 Å². The second-order valence-electron chi connectivity index (χ2n) is 6.54. The second kappa shape index (κ2) is 5.67. The summed E-state index contributed by atoms with van der Waals surface area (Å²) in [6.45, 7) is 1.88. The molecule has 1 aliphatic heterocycles. The Labute approximate surface area is 146 Å². The van der Waals surface area contributed by atoms with Crippen molar-refractivity contribution in [2.24, 2.45) is 5.92 Å². The van der Waals surface area contributed by atoms with Crippen molar-refractivity contribution in [1.29, 1.82) is 0 Å². The molecule has 122 valence electrons. The highest BCUT2D eigenvalue weighted by molar-refractivity contribution is 6.30. The number of aromatic carboxylic acids is 1. The zero-order valence-electron chi connectivity index (χ0n) is 13.3. The zero-order valence-corrected chi connectivity index (χ0v) is 14.0. The summed E-state index contributed by atoms with van der Waals surface area (Å²) in [5.74, 6) is -0.154. The van der Waals surface area contributed by atoms with E-state index in [1.165, 1.54) is 5.56 Å². The van der Waals surface area contributed by atoms with Crippen LogP contribution < -0.4 is 5.32 Å². The molecule has 0 unspecified atom stereocenters. The number of carboxylic acids is 1. The quantitative estimate of drug-likeness (QED) is 0.742. The molecule has 0 aromatic heterocycles. The number of allylic oxidation sites excluding steroid dienone is 2. The summed E-state index contributed by atoms with van der Waals surface area (Å²) >= 11 is 6.18. The van der Waals surface area contributed by atoms with Crippen molar-refractivity contribution >= 4 is 23.3 Å². The van der Waals surface area contributed by atoms with Crippen LogP contribution in [-0.2, 0) is 0 Å². The van der Waals surface area contributed by atoms with Crippen molar-refractivity contribution in [3.05, 3.63) is 75.8 Å². The van der Waals surface area contributed by atoms with Crippen molar-refractivity contribution in [3.63, 3.8) is 0 Å². The average molecular weight is 340 g/mol. The molecule has 0 fully saturated rings. The van der Waals surface area contributed by atoms with Gasteiger partial charge in [-0.1, -0.05) is 42.0 Å². The van der Waals surface area contributed by atoms with E-state index in [0.717, 1.165) is 28.3 Å². The third-order valence-corrected chi connectivity index (χ3v) is 5.47. The molecule has 1 heterocycles. The Kier molecular flexibility index (Phi) is 3.61. The van der Waals surface area contributed by atoms with Crippen LogP contribution in [0.25, 0.3) is 0 Å². The molecule has 3 nitrogen and oxygen atoms in total. The number of nitrogens with one attached hydrogen (secondary N) is 1. The largest absolute Gasteiger partial charge is 0.478 e. The molecule has 4 heteroatoms. The Balaban J connectivity index is 1.85. The smallest absolute Gasteiger partial charge is 0.336 e. The third kappa shape index (κ3) is 2.31. The minimum absolute atomic E-state index is 0.124. The number of benzene rings is 2. The van der Waals surface area contributed by atoms with E-state index in [1.807, 2.05) is 31.2 Å². The van der Waals surface area contributed by atoms with E-state index in [4.69, 9.17) is 11.6 Å². The maximum atomic E-state index is 11.5. The fourth-order valence-corrected chi connectivity index (χ4v) is 4.27. The highest BCUT2D eigenvalue weighted by Gasteiger charge is 2.38. The van der Waals surface area contributed by atoms with Crippen LogP contribution in [0.4, 0.5) is 5.69 Å².